The van der Waals surface area contributed by atoms with Crippen molar-refractivity contribution in [1.29, 1.82) is 0 Å². The van der Waals surface area contributed by atoms with Gasteiger partial charge < -0.3 is 13.7 Å². The van der Waals surface area contributed by atoms with Crippen molar-refractivity contribution < 1.29 is 0 Å². The van der Waals surface area contributed by atoms with Gasteiger partial charge in [0, 0.05) is 49.4 Å². The third-order valence-corrected chi connectivity index (χ3v) is 11.8. The summed E-state index contributed by atoms with van der Waals surface area (Å²) in [5.41, 5.74) is 15.5. The molecule has 3 nitrogen and oxygen atoms in total. The van der Waals surface area contributed by atoms with Crippen LogP contribution in [0.3, 0.4) is 0 Å². The molecule has 0 saturated carbocycles. The Bertz CT molecular complexity index is 3470. The zero-order chi connectivity index (χ0) is 37.5. The van der Waals surface area contributed by atoms with Crippen molar-refractivity contribution in [3.8, 4) is 39.3 Å². The van der Waals surface area contributed by atoms with E-state index in [1.165, 1.54) is 93.4 Å². The van der Waals surface area contributed by atoms with Crippen molar-refractivity contribution in [2.24, 2.45) is 0 Å². The van der Waals surface area contributed by atoms with E-state index in [2.05, 4.69) is 226 Å². The molecule has 0 spiro atoms. The minimum absolute atomic E-state index is 1.14. The molecule has 57 heavy (non-hydrogen) atoms. The van der Waals surface area contributed by atoms with Gasteiger partial charge in [-0.15, -0.1) is 0 Å². The van der Waals surface area contributed by atoms with Gasteiger partial charge in [-0.1, -0.05) is 140 Å². The number of nitrogens with zero attached hydrogens (tertiary/aromatic N) is 3. The molecule has 0 fully saturated rings. The minimum atomic E-state index is 1.14. The van der Waals surface area contributed by atoms with Gasteiger partial charge in [0.2, 0.25) is 0 Å². The normalized spacial score (nSPS) is 11.9. The van der Waals surface area contributed by atoms with E-state index in [4.69, 9.17) is 0 Å². The number of hydrogen-bond donors (Lipinski definition) is 0. The van der Waals surface area contributed by atoms with Gasteiger partial charge in [0.1, 0.15) is 0 Å². The van der Waals surface area contributed by atoms with Crippen LogP contribution >= 0.6 is 0 Å². The Labute approximate surface area is 329 Å². The molecule has 0 amide bonds. The van der Waals surface area contributed by atoms with Crippen LogP contribution in [-0.4, -0.2) is 13.7 Å². The molecule has 0 atom stereocenters. The van der Waals surface area contributed by atoms with Crippen LogP contribution in [0.15, 0.2) is 212 Å². The molecule has 3 aromatic heterocycles. The number of fused-ring (bicyclic) bond motifs is 9. The highest BCUT2D eigenvalue weighted by Gasteiger charge is 2.20. The van der Waals surface area contributed by atoms with Gasteiger partial charge in [0.05, 0.1) is 33.1 Å². The predicted octanol–water partition coefficient (Wildman–Crippen LogP) is 14.3. The molecule has 0 bridgehead atoms. The Balaban J connectivity index is 1.04. The first-order chi connectivity index (χ1) is 28.3. The van der Waals surface area contributed by atoms with E-state index in [0.717, 1.165) is 11.4 Å². The molecule has 12 rings (SSSR count). The van der Waals surface area contributed by atoms with E-state index in [9.17, 15) is 0 Å². The smallest absolute Gasteiger partial charge is 0.0562 e. The van der Waals surface area contributed by atoms with Crippen molar-refractivity contribution in [3.05, 3.63) is 212 Å². The fourth-order valence-corrected chi connectivity index (χ4v) is 9.33. The molecule has 0 aliphatic heterocycles. The van der Waals surface area contributed by atoms with Crippen molar-refractivity contribution in [1.82, 2.24) is 13.7 Å². The number of para-hydroxylation sites is 4. The molecule has 0 aliphatic carbocycles. The van der Waals surface area contributed by atoms with Crippen molar-refractivity contribution in [2.45, 2.75) is 0 Å². The maximum atomic E-state index is 2.44. The Morgan fingerprint density at radius 2 is 0.649 bits per heavy atom. The predicted molar refractivity (Wildman–Crippen MR) is 240 cm³/mol. The number of hydrogen-bond acceptors (Lipinski definition) is 0. The molecule has 3 heterocycles. The molecular weight excluding hydrogens is 691 g/mol. The Kier molecular flexibility index (Phi) is 6.93. The number of benzene rings is 9. The first kappa shape index (κ1) is 31.7. The van der Waals surface area contributed by atoms with Gasteiger partial charge in [0.15, 0.2) is 0 Å². The molecule has 9 aromatic carbocycles. The minimum Gasteiger partial charge on any atom is -0.309 e. The standard InChI is InChI=1S/C54H35N3/c1-3-14-36(15-4-1)37-26-30-40(31-27-37)56-48-22-10-7-18-43(48)46-34-47-44-19-8-11-23-49(44)57(53(47)35-52(46)56)41-32-28-38(29-33-41)42-21-13-25-51-54(42)45-20-9-12-24-50(45)55(51)39-16-5-2-6-17-39/h1-35H. The quantitative estimate of drug-likeness (QED) is 0.168. The average molecular weight is 726 g/mol. The summed E-state index contributed by atoms with van der Waals surface area (Å²) >= 11 is 0. The van der Waals surface area contributed by atoms with Crippen LogP contribution in [0.1, 0.15) is 0 Å². The summed E-state index contributed by atoms with van der Waals surface area (Å²) < 4.78 is 7.26. The summed E-state index contributed by atoms with van der Waals surface area (Å²) in [6.45, 7) is 0. The lowest BCUT2D eigenvalue weighted by Crippen LogP contribution is -1.96. The van der Waals surface area contributed by atoms with Gasteiger partial charge in [-0.05, 0) is 95.1 Å². The summed E-state index contributed by atoms with van der Waals surface area (Å²) in [6.07, 6.45) is 0. The first-order valence-electron chi connectivity index (χ1n) is 19.6. The van der Waals surface area contributed by atoms with Gasteiger partial charge in [-0.2, -0.15) is 0 Å². The fourth-order valence-electron chi connectivity index (χ4n) is 9.33. The molecule has 0 unspecified atom stereocenters. The second kappa shape index (κ2) is 12.5. The number of rotatable bonds is 5. The molecule has 12 aromatic rings. The summed E-state index contributed by atoms with van der Waals surface area (Å²) in [4.78, 5) is 0. The third-order valence-electron chi connectivity index (χ3n) is 11.8. The van der Waals surface area contributed by atoms with E-state index in [1.807, 2.05) is 0 Å². The van der Waals surface area contributed by atoms with Crippen LogP contribution in [-0.2, 0) is 0 Å². The van der Waals surface area contributed by atoms with Crippen LogP contribution < -0.4 is 0 Å². The van der Waals surface area contributed by atoms with Crippen LogP contribution in [0.5, 0.6) is 0 Å². The molecule has 0 radical (unpaired) electrons. The molecular formula is C54H35N3. The van der Waals surface area contributed by atoms with E-state index in [1.54, 1.807) is 0 Å². The lowest BCUT2D eigenvalue weighted by atomic mass is 9.99. The molecule has 3 heteroatoms. The molecule has 266 valence electrons. The zero-order valence-electron chi connectivity index (χ0n) is 31.0. The second-order valence-corrected chi connectivity index (χ2v) is 14.9. The van der Waals surface area contributed by atoms with Crippen LogP contribution in [0, 0.1) is 0 Å². The van der Waals surface area contributed by atoms with E-state index >= 15 is 0 Å². The number of aromatic nitrogens is 3. The van der Waals surface area contributed by atoms with E-state index in [0.29, 0.717) is 0 Å². The van der Waals surface area contributed by atoms with E-state index in [-0.39, 0.29) is 0 Å². The largest absolute Gasteiger partial charge is 0.309 e. The Morgan fingerprint density at radius 1 is 0.228 bits per heavy atom. The topological polar surface area (TPSA) is 14.8 Å². The lowest BCUT2D eigenvalue weighted by molar-refractivity contribution is 1.16. The summed E-state index contributed by atoms with van der Waals surface area (Å²) in [5, 5.41) is 7.54. The van der Waals surface area contributed by atoms with Crippen LogP contribution in [0.25, 0.3) is 105 Å². The van der Waals surface area contributed by atoms with Gasteiger partial charge in [-0.25, -0.2) is 0 Å². The maximum absolute atomic E-state index is 2.44. The summed E-state index contributed by atoms with van der Waals surface area (Å²) in [6, 6.07) is 77.3. The fraction of sp³-hybridized carbons (Fsp3) is 0. The van der Waals surface area contributed by atoms with Gasteiger partial charge >= 0.3 is 0 Å². The monoisotopic (exact) mass is 725 g/mol. The Morgan fingerprint density at radius 3 is 1.25 bits per heavy atom. The summed E-state index contributed by atoms with van der Waals surface area (Å²) in [5.74, 6) is 0. The van der Waals surface area contributed by atoms with Crippen molar-refractivity contribution >= 4 is 65.4 Å². The zero-order valence-corrected chi connectivity index (χ0v) is 31.0. The highest BCUT2D eigenvalue weighted by atomic mass is 15.0. The van der Waals surface area contributed by atoms with Crippen LogP contribution in [0.4, 0.5) is 0 Å². The Hall–Kier alpha value is -7.62. The van der Waals surface area contributed by atoms with E-state index < -0.39 is 0 Å². The molecule has 0 N–H and O–H groups in total. The van der Waals surface area contributed by atoms with Gasteiger partial charge in [0.25, 0.3) is 0 Å². The lowest BCUT2D eigenvalue weighted by Gasteiger charge is -2.12. The molecule has 0 aliphatic rings. The molecule has 0 saturated heterocycles. The van der Waals surface area contributed by atoms with Crippen molar-refractivity contribution in [2.75, 3.05) is 0 Å². The second-order valence-electron chi connectivity index (χ2n) is 14.9. The maximum Gasteiger partial charge on any atom is 0.0562 e. The highest BCUT2D eigenvalue weighted by Crippen LogP contribution is 2.42. The van der Waals surface area contributed by atoms with Gasteiger partial charge in [-0.3, -0.25) is 0 Å². The highest BCUT2D eigenvalue weighted by molar-refractivity contribution is 6.19. The SMILES string of the molecule is c1ccc(-c2ccc(-n3c4ccccc4c4cc5c6ccccc6n(-c6ccc(-c7cccc8c7c7ccccc7n8-c7ccccc7)cc6)c5cc43)cc2)cc1. The van der Waals surface area contributed by atoms with Crippen LogP contribution in [0.2, 0.25) is 0 Å². The third kappa shape index (κ3) is 4.79. The summed E-state index contributed by atoms with van der Waals surface area (Å²) in [7, 11) is 0. The first-order valence-corrected chi connectivity index (χ1v) is 19.6. The van der Waals surface area contributed by atoms with Crippen molar-refractivity contribution in [3.63, 3.8) is 0 Å². The average Bonchev–Trinajstić information content (AvgIpc) is 3.92.